The number of ether oxygens (including phenoxy) is 1. The lowest BCUT2D eigenvalue weighted by atomic mass is 9.77. The maximum absolute atomic E-state index is 13.2. The van der Waals surface area contributed by atoms with Gasteiger partial charge in [-0.25, -0.2) is 9.97 Å². The summed E-state index contributed by atoms with van der Waals surface area (Å²) < 4.78 is 5.58. The molecular weight excluding hydrogens is 460 g/mol. The minimum absolute atomic E-state index is 0.161. The zero-order chi connectivity index (χ0) is 22.7. The molecule has 0 radical (unpaired) electrons. The number of amides is 2. The number of imide groups is 1. The van der Waals surface area contributed by atoms with Gasteiger partial charge in [0, 0.05) is 37.7 Å². The lowest BCUT2D eigenvalue weighted by Crippen LogP contribution is -2.45. The van der Waals surface area contributed by atoms with Crippen molar-refractivity contribution in [3.63, 3.8) is 0 Å². The molecule has 0 unspecified atom stereocenters. The minimum atomic E-state index is -0.242. The van der Waals surface area contributed by atoms with Crippen LogP contribution in [0.25, 0.3) is 10.3 Å². The molecule has 170 valence electrons. The lowest BCUT2D eigenvalue weighted by molar-refractivity contribution is -0.128. The second-order valence-corrected chi connectivity index (χ2v) is 10.4. The second kappa shape index (κ2) is 8.04. The van der Waals surface area contributed by atoms with Gasteiger partial charge in [0.25, 0.3) is 5.91 Å². The summed E-state index contributed by atoms with van der Waals surface area (Å²) in [6.07, 6.45) is 3.81. The van der Waals surface area contributed by atoms with Crippen LogP contribution < -0.4 is 4.74 Å². The Kier molecular flexibility index (Phi) is 5.12. The van der Waals surface area contributed by atoms with Crippen molar-refractivity contribution in [3.05, 3.63) is 51.1 Å². The number of thiophene rings is 1. The third-order valence-electron chi connectivity index (χ3n) is 7.25. The van der Waals surface area contributed by atoms with E-state index < -0.39 is 0 Å². The number of hydrogen-bond acceptors (Lipinski definition) is 7. The highest BCUT2D eigenvalue weighted by Gasteiger charge is 2.39. The van der Waals surface area contributed by atoms with Crippen molar-refractivity contribution < 1.29 is 14.3 Å². The van der Waals surface area contributed by atoms with Gasteiger partial charge < -0.3 is 9.64 Å². The Bertz CT molecular complexity index is 1290. The first-order valence-electron chi connectivity index (χ1n) is 11.2. The zero-order valence-electron chi connectivity index (χ0n) is 18.2. The van der Waals surface area contributed by atoms with Gasteiger partial charge in [0.15, 0.2) is 0 Å². The fourth-order valence-electron chi connectivity index (χ4n) is 5.69. The Morgan fingerprint density at radius 2 is 2.09 bits per heavy atom. The van der Waals surface area contributed by atoms with Gasteiger partial charge in [-0.3, -0.25) is 14.5 Å². The predicted molar refractivity (Wildman–Crippen MR) is 126 cm³/mol. The van der Waals surface area contributed by atoms with E-state index in [9.17, 15) is 9.59 Å². The van der Waals surface area contributed by atoms with Crippen LogP contribution in [-0.4, -0.2) is 64.9 Å². The van der Waals surface area contributed by atoms with Crippen molar-refractivity contribution in [3.8, 4) is 5.75 Å². The molecule has 0 saturated carbocycles. The third kappa shape index (κ3) is 3.43. The molecule has 2 aliphatic heterocycles. The fourth-order valence-corrected chi connectivity index (χ4v) is 6.87. The van der Waals surface area contributed by atoms with Gasteiger partial charge in [-0.15, -0.1) is 11.3 Å². The van der Waals surface area contributed by atoms with Gasteiger partial charge in [0.2, 0.25) is 5.91 Å². The SMILES string of the molecule is COc1cccc2c1CC[C@H]1CN(CCN3C(=O)Cc4c(sc5ncc(Cl)nc45)C3=O)C[C@@H]21. The molecule has 2 amide bonds. The van der Waals surface area contributed by atoms with E-state index in [-0.39, 0.29) is 23.4 Å². The van der Waals surface area contributed by atoms with E-state index in [1.807, 2.05) is 6.07 Å². The second-order valence-electron chi connectivity index (χ2n) is 8.98. The summed E-state index contributed by atoms with van der Waals surface area (Å²) in [5.74, 6) is 1.65. The van der Waals surface area contributed by atoms with Gasteiger partial charge in [-0.1, -0.05) is 23.7 Å². The standard InChI is InChI=1S/C24H23ClN4O3S/c1-32-18-4-2-3-14-15(18)6-5-13-11-28(12-17(13)14)7-8-29-20(30)9-16-21-23(26-10-19(25)27-21)33-22(16)24(29)31/h2-4,10,13,17H,5-9,11-12H2,1H3/t13-,17+/m0/s1. The van der Waals surface area contributed by atoms with Crippen molar-refractivity contribution in [2.24, 2.45) is 5.92 Å². The Morgan fingerprint density at radius 1 is 1.21 bits per heavy atom. The van der Waals surface area contributed by atoms with Crippen molar-refractivity contribution in [2.75, 3.05) is 33.3 Å². The molecule has 6 rings (SSSR count). The van der Waals surface area contributed by atoms with Gasteiger partial charge >= 0.3 is 0 Å². The molecule has 7 nitrogen and oxygen atoms in total. The lowest BCUT2D eigenvalue weighted by Gasteiger charge is -2.28. The topological polar surface area (TPSA) is 75.6 Å². The highest BCUT2D eigenvalue weighted by molar-refractivity contribution is 7.20. The molecule has 1 fully saturated rings. The molecule has 1 aromatic carbocycles. The summed E-state index contributed by atoms with van der Waals surface area (Å²) >= 11 is 7.27. The number of carbonyl (C=O) groups excluding carboxylic acids is 2. The first-order valence-corrected chi connectivity index (χ1v) is 12.4. The fraction of sp³-hybridized carbons (Fsp3) is 0.417. The Morgan fingerprint density at radius 3 is 2.94 bits per heavy atom. The van der Waals surface area contributed by atoms with E-state index in [1.54, 1.807) is 7.11 Å². The summed E-state index contributed by atoms with van der Waals surface area (Å²) in [7, 11) is 1.73. The molecular formula is C24H23ClN4O3S. The van der Waals surface area contributed by atoms with Crippen molar-refractivity contribution >= 4 is 45.1 Å². The molecule has 1 saturated heterocycles. The molecule has 3 aliphatic rings. The number of nitrogens with zero attached hydrogens (tertiary/aromatic N) is 4. The van der Waals surface area contributed by atoms with Crippen LogP contribution >= 0.6 is 22.9 Å². The maximum atomic E-state index is 13.2. The monoisotopic (exact) mass is 482 g/mol. The Labute approximate surface area is 200 Å². The van der Waals surface area contributed by atoms with E-state index in [0.717, 1.165) is 31.7 Å². The van der Waals surface area contributed by atoms with E-state index in [0.29, 0.717) is 45.7 Å². The van der Waals surface area contributed by atoms with Crippen LogP contribution in [0.3, 0.4) is 0 Å². The van der Waals surface area contributed by atoms with E-state index in [4.69, 9.17) is 16.3 Å². The summed E-state index contributed by atoms with van der Waals surface area (Å²) in [6, 6.07) is 6.35. The molecule has 0 N–H and O–H groups in total. The van der Waals surface area contributed by atoms with Crippen LogP contribution in [0.1, 0.15) is 38.7 Å². The number of hydrogen-bond donors (Lipinski definition) is 0. The summed E-state index contributed by atoms with van der Waals surface area (Å²) in [5, 5.41) is 0.264. The average molecular weight is 483 g/mol. The minimum Gasteiger partial charge on any atom is -0.496 e. The van der Waals surface area contributed by atoms with Crippen molar-refractivity contribution in [1.82, 2.24) is 19.8 Å². The molecule has 0 spiro atoms. The number of likely N-dealkylation sites (tertiary alicyclic amines) is 1. The summed E-state index contributed by atoms with van der Waals surface area (Å²) in [5.41, 5.74) is 3.96. The third-order valence-corrected chi connectivity index (χ3v) is 8.55. The number of carbonyl (C=O) groups is 2. The molecule has 0 bridgehead atoms. The summed E-state index contributed by atoms with van der Waals surface area (Å²) in [6.45, 7) is 3.03. The highest BCUT2D eigenvalue weighted by Crippen LogP contribution is 2.44. The summed E-state index contributed by atoms with van der Waals surface area (Å²) in [4.78, 5) is 39.6. The maximum Gasteiger partial charge on any atom is 0.271 e. The number of benzene rings is 1. The van der Waals surface area contributed by atoms with Crippen LogP contribution in [0, 0.1) is 5.92 Å². The predicted octanol–water partition coefficient (Wildman–Crippen LogP) is 3.54. The Hall–Kier alpha value is -2.55. The quantitative estimate of drug-likeness (QED) is 0.529. The molecule has 9 heteroatoms. The van der Waals surface area contributed by atoms with Crippen LogP contribution in [0.15, 0.2) is 24.4 Å². The van der Waals surface area contributed by atoms with E-state index >= 15 is 0 Å². The van der Waals surface area contributed by atoms with Crippen molar-refractivity contribution in [2.45, 2.75) is 25.2 Å². The normalized spacial score (nSPS) is 22.4. The molecule has 2 aromatic heterocycles. The molecule has 3 aromatic rings. The first kappa shape index (κ1) is 21.0. The smallest absolute Gasteiger partial charge is 0.271 e. The van der Waals surface area contributed by atoms with Gasteiger partial charge in [0.05, 0.1) is 19.7 Å². The number of aromatic nitrogens is 2. The van der Waals surface area contributed by atoms with Gasteiger partial charge in [0.1, 0.15) is 26.1 Å². The van der Waals surface area contributed by atoms with Crippen LogP contribution in [0.4, 0.5) is 0 Å². The molecule has 33 heavy (non-hydrogen) atoms. The number of methoxy groups -OCH3 is 1. The number of rotatable bonds is 4. The van der Waals surface area contributed by atoms with E-state index in [1.165, 1.54) is 33.6 Å². The Balaban J connectivity index is 1.18. The first-order chi connectivity index (χ1) is 16.0. The largest absolute Gasteiger partial charge is 0.496 e. The number of halogens is 1. The molecule has 1 aliphatic carbocycles. The van der Waals surface area contributed by atoms with Crippen LogP contribution in [0.5, 0.6) is 5.75 Å². The van der Waals surface area contributed by atoms with Crippen LogP contribution in [-0.2, 0) is 17.6 Å². The molecule has 2 atom stereocenters. The zero-order valence-corrected chi connectivity index (χ0v) is 19.8. The van der Waals surface area contributed by atoms with Crippen molar-refractivity contribution in [1.29, 1.82) is 0 Å². The highest BCUT2D eigenvalue weighted by atomic mass is 35.5. The van der Waals surface area contributed by atoms with Gasteiger partial charge in [-0.2, -0.15) is 0 Å². The van der Waals surface area contributed by atoms with E-state index in [2.05, 4.69) is 27.0 Å². The average Bonchev–Trinajstić information content (AvgIpc) is 3.40. The van der Waals surface area contributed by atoms with Crippen LogP contribution in [0.2, 0.25) is 5.15 Å². The molecule has 4 heterocycles. The number of fused-ring (bicyclic) bond motifs is 6. The van der Waals surface area contributed by atoms with Gasteiger partial charge in [-0.05, 0) is 36.0 Å².